The van der Waals surface area contributed by atoms with Crippen molar-refractivity contribution in [3.05, 3.63) is 59.2 Å². The van der Waals surface area contributed by atoms with Gasteiger partial charge >= 0.3 is 0 Å². The lowest BCUT2D eigenvalue weighted by atomic mass is 9.83. The van der Waals surface area contributed by atoms with Gasteiger partial charge in [0.05, 0.1) is 20.3 Å². The molecule has 4 heteroatoms. The van der Waals surface area contributed by atoms with E-state index in [-0.39, 0.29) is 17.4 Å². The van der Waals surface area contributed by atoms with Crippen molar-refractivity contribution >= 4 is 5.91 Å². The summed E-state index contributed by atoms with van der Waals surface area (Å²) >= 11 is 0. The maximum absolute atomic E-state index is 13.4. The van der Waals surface area contributed by atoms with E-state index in [0.717, 1.165) is 29.7 Å². The van der Waals surface area contributed by atoms with Gasteiger partial charge in [-0.1, -0.05) is 58.0 Å². The molecule has 4 nitrogen and oxygen atoms in total. The van der Waals surface area contributed by atoms with Gasteiger partial charge in [0.15, 0.2) is 11.5 Å². The topological polar surface area (TPSA) is 38.8 Å². The van der Waals surface area contributed by atoms with Crippen LogP contribution in [-0.4, -0.2) is 31.6 Å². The molecule has 0 spiro atoms. The van der Waals surface area contributed by atoms with E-state index in [1.54, 1.807) is 14.2 Å². The van der Waals surface area contributed by atoms with Crippen molar-refractivity contribution in [1.82, 2.24) is 4.90 Å². The van der Waals surface area contributed by atoms with Crippen molar-refractivity contribution in [1.29, 1.82) is 0 Å². The number of hydrogen-bond donors (Lipinski definition) is 0. The number of methoxy groups -OCH3 is 2. The molecule has 1 aliphatic rings. The normalized spacial score (nSPS) is 17.3. The maximum Gasteiger partial charge on any atom is 0.223 e. The van der Waals surface area contributed by atoms with Crippen molar-refractivity contribution < 1.29 is 14.3 Å². The van der Waals surface area contributed by atoms with Gasteiger partial charge in [-0.2, -0.15) is 0 Å². The van der Waals surface area contributed by atoms with E-state index in [2.05, 4.69) is 50.8 Å². The highest BCUT2D eigenvalue weighted by molar-refractivity contribution is 5.78. The number of hydrogen-bond acceptors (Lipinski definition) is 3. The Kier molecular flexibility index (Phi) is 6.74. The van der Waals surface area contributed by atoms with E-state index in [4.69, 9.17) is 9.47 Å². The Morgan fingerprint density at radius 3 is 2.33 bits per heavy atom. The average Bonchev–Trinajstić information content (AvgIpc) is 2.70. The van der Waals surface area contributed by atoms with Crippen LogP contribution in [0.2, 0.25) is 0 Å². The first-order valence-corrected chi connectivity index (χ1v) is 10.8. The van der Waals surface area contributed by atoms with Crippen molar-refractivity contribution in [3.8, 4) is 11.5 Å². The number of fused-ring (bicyclic) bond motifs is 1. The van der Waals surface area contributed by atoms with Gasteiger partial charge in [0.1, 0.15) is 0 Å². The predicted molar refractivity (Wildman–Crippen MR) is 121 cm³/mol. The van der Waals surface area contributed by atoms with E-state index in [0.29, 0.717) is 24.6 Å². The second-order valence-corrected chi connectivity index (χ2v) is 9.63. The van der Waals surface area contributed by atoms with Gasteiger partial charge in [-0.15, -0.1) is 0 Å². The summed E-state index contributed by atoms with van der Waals surface area (Å²) in [7, 11) is 3.32. The second-order valence-electron chi connectivity index (χ2n) is 9.63. The summed E-state index contributed by atoms with van der Waals surface area (Å²) < 4.78 is 11.1. The molecule has 2 aromatic rings. The van der Waals surface area contributed by atoms with Crippen LogP contribution in [0.1, 0.15) is 63.3 Å². The molecular weight excluding hydrogens is 374 g/mol. The number of nitrogens with zero attached hydrogens (tertiary/aromatic N) is 1. The molecule has 2 aromatic carbocycles. The van der Waals surface area contributed by atoms with E-state index < -0.39 is 0 Å². The molecule has 1 heterocycles. The largest absolute Gasteiger partial charge is 0.493 e. The van der Waals surface area contributed by atoms with Crippen LogP contribution in [0.25, 0.3) is 0 Å². The molecule has 0 bridgehead atoms. The SMILES string of the molecule is COc1cc2c(cc1OC)[C@@H](c1ccccc1)N(C(=O)C[C@@H](C)CC(C)(C)C)CC2. The zero-order valence-corrected chi connectivity index (χ0v) is 19.2. The molecule has 162 valence electrons. The summed E-state index contributed by atoms with van der Waals surface area (Å²) in [4.78, 5) is 15.5. The Labute approximate surface area is 181 Å². The number of rotatable bonds is 6. The third kappa shape index (κ3) is 4.97. The highest BCUT2D eigenvalue weighted by Crippen LogP contribution is 2.41. The average molecular weight is 410 g/mol. The summed E-state index contributed by atoms with van der Waals surface area (Å²) in [5, 5.41) is 0. The van der Waals surface area contributed by atoms with E-state index >= 15 is 0 Å². The number of carbonyl (C=O) groups excluding carboxylic acids is 1. The van der Waals surface area contributed by atoms with Crippen LogP contribution >= 0.6 is 0 Å². The van der Waals surface area contributed by atoms with Crippen LogP contribution in [-0.2, 0) is 11.2 Å². The fourth-order valence-corrected chi connectivity index (χ4v) is 4.74. The predicted octanol–water partition coefficient (Wildman–Crippen LogP) is 5.64. The summed E-state index contributed by atoms with van der Waals surface area (Å²) in [6.07, 6.45) is 2.42. The van der Waals surface area contributed by atoms with Gasteiger partial charge in [-0.05, 0) is 53.0 Å². The van der Waals surface area contributed by atoms with Crippen molar-refractivity contribution in [2.45, 2.75) is 53.0 Å². The molecule has 0 saturated heterocycles. The molecule has 1 aliphatic heterocycles. The van der Waals surface area contributed by atoms with E-state index in [1.807, 2.05) is 24.3 Å². The lowest BCUT2D eigenvalue weighted by molar-refractivity contribution is -0.134. The Morgan fingerprint density at radius 1 is 1.10 bits per heavy atom. The van der Waals surface area contributed by atoms with E-state index in [9.17, 15) is 4.79 Å². The molecule has 30 heavy (non-hydrogen) atoms. The molecule has 0 aliphatic carbocycles. The van der Waals surface area contributed by atoms with Gasteiger partial charge in [0.25, 0.3) is 0 Å². The smallest absolute Gasteiger partial charge is 0.223 e. The zero-order chi connectivity index (χ0) is 21.9. The summed E-state index contributed by atoms with van der Waals surface area (Å²) in [5.74, 6) is 2.01. The monoisotopic (exact) mass is 409 g/mol. The molecule has 0 N–H and O–H groups in total. The highest BCUT2D eigenvalue weighted by Gasteiger charge is 2.34. The summed E-state index contributed by atoms with van der Waals surface area (Å²) in [5.41, 5.74) is 3.69. The van der Waals surface area contributed by atoms with Crippen LogP contribution < -0.4 is 9.47 Å². The Hall–Kier alpha value is -2.49. The van der Waals surface area contributed by atoms with Crippen molar-refractivity contribution in [3.63, 3.8) is 0 Å². The quantitative estimate of drug-likeness (QED) is 0.620. The molecule has 0 saturated carbocycles. The third-order valence-electron chi connectivity index (χ3n) is 5.79. The minimum absolute atomic E-state index is 0.107. The van der Waals surface area contributed by atoms with E-state index in [1.165, 1.54) is 5.56 Å². The number of amides is 1. The lowest BCUT2D eigenvalue weighted by Gasteiger charge is -2.39. The fraction of sp³-hybridized carbons (Fsp3) is 0.500. The van der Waals surface area contributed by atoms with Crippen LogP contribution in [0.15, 0.2) is 42.5 Å². The number of benzene rings is 2. The van der Waals surface area contributed by atoms with Crippen molar-refractivity contribution in [2.24, 2.45) is 11.3 Å². The van der Waals surface area contributed by atoms with Crippen molar-refractivity contribution in [2.75, 3.05) is 20.8 Å². The molecule has 0 radical (unpaired) electrons. The minimum atomic E-state index is -0.107. The Morgan fingerprint density at radius 2 is 1.73 bits per heavy atom. The first-order valence-electron chi connectivity index (χ1n) is 10.8. The molecule has 0 aromatic heterocycles. The van der Waals surface area contributed by atoms with Gasteiger partial charge < -0.3 is 14.4 Å². The first kappa shape index (κ1) is 22.2. The maximum atomic E-state index is 13.4. The molecule has 1 amide bonds. The fourth-order valence-electron chi connectivity index (χ4n) is 4.74. The highest BCUT2D eigenvalue weighted by atomic mass is 16.5. The van der Waals surface area contributed by atoms with Gasteiger partial charge in [-0.25, -0.2) is 0 Å². The van der Waals surface area contributed by atoms with Crippen LogP contribution in [0.3, 0.4) is 0 Å². The molecule has 3 rings (SSSR count). The molecule has 2 atom stereocenters. The Bertz CT molecular complexity index is 870. The molecular formula is C26H35NO3. The lowest BCUT2D eigenvalue weighted by Crippen LogP contribution is -2.41. The number of carbonyl (C=O) groups is 1. The zero-order valence-electron chi connectivity index (χ0n) is 19.2. The third-order valence-corrected chi connectivity index (χ3v) is 5.79. The molecule has 0 unspecified atom stereocenters. The standard InChI is InChI=1S/C26H35NO3/c1-18(17-26(2,3)4)14-24(28)27-13-12-20-15-22(29-5)23(30-6)16-21(20)25(27)19-10-8-7-9-11-19/h7-11,15-16,18,25H,12-14,17H2,1-6H3/t18-,25-/m1/s1. The summed E-state index contributed by atoms with van der Waals surface area (Å²) in [6.45, 7) is 9.60. The first-order chi connectivity index (χ1) is 14.2. The van der Waals surface area contributed by atoms with Gasteiger partial charge in [-0.3, -0.25) is 4.79 Å². The number of ether oxygens (including phenoxy) is 2. The van der Waals surface area contributed by atoms with Crippen LogP contribution in [0.5, 0.6) is 11.5 Å². The Balaban J connectivity index is 1.98. The second kappa shape index (κ2) is 9.11. The van der Waals surface area contributed by atoms with Gasteiger partial charge in [0.2, 0.25) is 5.91 Å². The minimum Gasteiger partial charge on any atom is -0.493 e. The van der Waals surface area contributed by atoms with Crippen LogP contribution in [0.4, 0.5) is 0 Å². The summed E-state index contributed by atoms with van der Waals surface area (Å²) in [6, 6.07) is 14.3. The van der Waals surface area contributed by atoms with Gasteiger partial charge in [0, 0.05) is 13.0 Å². The van der Waals surface area contributed by atoms with Crippen LogP contribution in [0, 0.1) is 11.3 Å². The molecule has 0 fully saturated rings.